The van der Waals surface area contributed by atoms with Crippen LogP contribution in [0, 0.1) is 5.82 Å². The van der Waals surface area contributed by atoms with E-state index in [2.05, 4.69) is 5.32 Å². The molecule has 0 amide bonds. The largest absolute Gasteiger partial charge is 0.405 e. The van der Waals surface area contributed by atoms with Crippen molar-refractivity contribution < 1.29 is 22.7 Å². The lowest BCUT2D eigenvalue weighted by atomic mass is 10.1. The number of hydrogen-bond donors (Lipinski definition) is 2. The van der Waals surface area contributed by atoms with E-state index in [1.54, 1.807) is 0 Å². The van der Waals surface area contributed by atoms with Crippen molar-refractivity contribution in [3.05, 3.63) is 29.6 Å². The third kappa shape index (κ3) is 5.17. The maximum absolute atomic E-state index is 13.4. The van der Waals surface area contributed by atoms with E-state index in [4.69, 9.17) is 5.11 Å². The molecule has 0 aliphatic heterocycles. The summed E-state index contributed by atoms with van der Waals surface area (Å²) in [6, 6.07) is 4.08. The van der Waals surface area contributed by atoms with Gasteiger partial charge in [-0.2, -0.15) is 13.2 Å². The first-order chi connectivity index (χ1) is 9.89. The van der Waals surface area contributed by atoms with Gasteiger partial charge in [-0.1, -0.05) is 0 Å². The fraction of sp³-hybridized carbons (Fsp3) is 0.571. The molecule has 1 aromatic rings. The third-order valence-corrected chi connectivity index (χ3v) is 3.28. The van der Waals surface area contributed by atoms with Crippen molar-refractivity contribution in [1.29, 1.82) is 0 Å². The minimum atomic E-state index is -4.38. The molecule has 1 aliphatic carbocycles. The van der Waals surface area contributed by atoms with Gasteiger partial charge in [0, 0.05) is 24.8 Å². The minimum absolute atomic E-state index is 0.151. The van der Waals surface area contributed by atoms with Crippen molar-refractivity contribution in [1.82, 2.24) is 5.32 Å². The quantitative estimate of drug-likeness (QED) is 0.760. The van der Waals surface area contributed by atoms with Gasteiger partial charge in [-0.3, -0.25) is 0 Å². The lowest BCUT2D eigenvalue weighted by molar-refractivity contribution is -0.119. The second-order valence-corrected chi connectivity index (χ2v) is 5.19. The van der Waals surface area contributed by atoms with Crippen molar-refractivity contribution in [3.63, 3.8) is 0 Å². The summed E-state index contributed by atoms with van der Waals surface area (Å²) >= 11 is 0. The minimum Gasteiger partial charge on any atom is -0.395 e. The molecule has 2 N–H and O–H groups in total. The lowest BCUT2D eigenvalue weighted by Gasteiger charge is -2.27. The first-order valence-electron chi connectivity index (χ1n) is 6.83. The topological polar surface area (TPSA) is 35.5 Å². The molecule has 118 valence electrons. The van der Waals surface area contributed by atoms with Crippen LogP contribution in [-0.4, -0.2) is 37.0 Å². The maximum Gasteiger partial charge on any atom is 0.405 e. The Morgan fingerprint density at radius 3 is 2.57 bits per heavy atom. The summed E-state index contributed by atoms with van der Waals surface area (Å²) in [5.74, 6) is -0.484. The number of nitrogens with one attached hydrogen (secondary N) is 1. The van der Waals surface area contributed by atoms with Gasteiger partial charge in [-0.25, -0.2) is 4.39 Å². The van der Waals surface area contributed by atoms with Crippen LogP contribution >= 0.6 is 0 Å². The number of aliphatic hydroxyl groups is 1. The monoisotopic (exact) mass is 306 g/mol. The zero-order valence-corrected chi connectivity index (χ0v) is 11.5. The van der Waals surface area contributed by atoms with Gasteiger partial charge in [-0.05, 0) is 36.6 Å². The van der Waals surface area contributed by atoms with Crippen LogP contribution in [0.1, 0.15) is 18.4 Å². The summed E-state index contributed by atoms with van der Waals surface area (Å²) in [7, 11) is 0. The number of halogens is 4. The molecule has 2 rings (SSSR count). The molecule has 21 heavy (non-hydrogen) atoms. The molecule has 0 saturated heterocycles. The third-order valence-electron chi connectivity index (χ3n) is 3.28. The molecular weight excluding hydrogens is 288 g/mol. The Kier molecular flexibility index (Phi) is 5.05. The summed E-state index contributed by atoms with van der Waals surface area (Å²) in [5.41, 5.74) is 0.774. The van der Waals surface area contributed by atoms with Gasteiger partial charge in [0.25, 0.3) is 0 Å². The van der Waals surface area contributed by atoms with Crippen LogP contribution in [0.3, 0.4) is 0 Å². The van der Waals surface area contributed by atoms with E-state index in [1.807, 2.05) is 0 Å². The van der Waals surface area contributed by atoms with E-state index in [1.165, 1.54) is 12.1 Å². The zero-order chi connectivity index (χ0) is 15.5. The molecule has 0 aromatic heterocycles. The van der Waals surface area contributed by atoms with Crippen LogP contribution in [0.2, 0.25) is 0 Å². The Morgan fingerprint density at radius 2 is 2.00 bits per heavy atom. The SMILES string of the molecule is OCCN(CC(F)(F)F)c1ccc(F)cc1CNC1CC1. The number of anilines is 1. The summed E-state index contributed by atoms with van der Waals surface area (Å²) < 4.78 is 51.3. The Morgan fingerprint density at radius 1 is 1.29 bits per heavy atom. The number of nitrogens with zero attached hydrogens (tertiary/aromatic N) is 1. The molecular formula is C14H18F4N2O. The normalized spacial score (nSPS) is 15.3. The standard InChI is InChI=1S/C14H18F4N2O/c15-11-1-4-13(10(7-11)8-19-12-2-3-12)20(5-6-21)9-14(16,17)18/h1,4,7,12,19,21H,2-3,5-6,8-9H2. The Balaban J connectivity index is 2.19. The highest BCUT2D eigenvalue weighted by Gasteiger charge is 2.31. The maximum atomic E-state index is 13.4. The smallest absolute Gasteiger partial charge is 0.395 e. The molecule has 7 heteroatoms. The molecule has 1 fully saturated rings. The second-order valence-electron chi connectivity index (χ2n) is 5.19. The summed E-state index contributed by atoms with van der Waals surface area (Å²) in [6.45, 7) is -1.41. The molecule has 0 spiro atoms. The fourth-order valence-corrected chi connectivity index (χ4v) is 2.17. The molecule has 1 aliphatic rings. The van der Waals surface area contributed by atoms with E-state index in [0.717, 1.165) is 23.8 Å². The number of aliphatic hydroxyl groups excluding tert-OH is 1. The predicted molar refractivity (Wildman–Crippen MR) is 71.6 cm³/mol. The number of rotatable bonds is 7. The predicted octanol–water partition coefficient (Wildman–Crippen LogP) is 2.44. The number of hydrogen-bond acceptors (Lipinski definition) is 3. The van der Waals surface area contributed by atoms with Gasteiger partial charge in [-0.15, -0.1) is 0 Å². The number of alkyl halides is 3. The average Bonchev–Trinajstić information content (AvgIpc) is 3.18. The van der Waals surface area contributed by atoms with Gasteiger partial charge in [0.05, 0.1) is 6.61 Å². The molecule has 1 aromatic carbocycles. The molecule has 0 heterocycles. The van der Waals surface area contributed by atoms with Crippen molar-refractivity contribution in [3.8, 4) is 0 Å². The van der Waals surface area contributed by atoms with E-state index >= 15 is 0 Å². The van der Waals surface area contributed by atoms with Gasteiger partial charge in [0.2, 0.25) is 0 Å². The Labute approximate surface area is 120 Å². The second kappa shape index (κ2) is 6.62. The zero-order valence-electron chi connectivity index (χ0n) is 11.5. The highest BCUT2D eigenvalue weighted by Crippen LogP contribution is 2.27. The van der Waals surface area contributed by atoms with Crippen molar-refractivity contribution in [2.45, 2.75) is 31.6 Å². The molecule has 3 nitrogen and oxygen atoms in total. The van der Waals surface area contributed by atoms with Gasteiger partial charge in [0.1, 0.15) is 12.4 Å². The fourth-order valence-electron chi connectivity index (χ4n) is 2.17. The van der Waals surface area contributed by atoms with Gasteiger partial charge >= 0.3 is 6.18 Å². The van der Waals surface area contributed by atoms with E-state index in [-0.39, 0.29) is 6.54 Å². The lowest BCUT2D eigenvalue weighted by Crippen LogP contribution is -2.37. The summed E-state index contributed by atoms with van der Waals surface area (Å²) in [4.78, 5) is 1.03. The first-order valence-corrected chi connectivity index (χ1v) is 6.83. The highest BCUT2D eigenvalue weighted by atomic mass is 19.4. The average molecular weight is 306 g/mol. The summed E-state index contributed by atoms with van der Waals surface area (Å²) in [6.07, 6.45) is -2.31. The molecule has 1 saturated carbocycles. The molecule has 0 radical (unpaired) electrons. The molecule has 0 bridgehead atoms. The van der Waals surface area contributed by atoms with Crippen molar-refractivity contribution >= 4 is 5.69 Å². The Bertz CT molecular complexity index is 475. The van der Waals surface area contributed by atoms with Gasteiger partial charge < -0.3 is 15.3 Å². The van der Waals surface area contributed by atoms with Crippen LogP contribution in [-0.2, 0) is 6.54 Å². The van der Waals surface area contributed by atoms with Crippen LogP contribution < -0.4 is 10.2 Å². The summed E-state index contributed by atoms with van der Waals surface area (Å²) in [5, 5.41) is 12.1. The van der Waals surface area contributed by atoms with Gasteiger partial charge in [0.15, 0.2) is 0 Å². The van der Waals surface area contributed by atoms with Crippen molar-refractivity contribution in [2.75, 3.05) is 24.6 Å². The van der Waals surface area contributed by atoms with E-state index in [0.29, 0.717) is 23.8 Å². The van der Waals surface area contributed by atoms with E-state index in [9.17, 15) is 17.6 Å². The first kappa shape index (κ1) is 16.0. The highest BCUT2D eigenvalue weighted by molar-refractivity contribution is 5.54. The van der Waals surface area contributed by atoms with E-state index < -0.39 is 25.1 Å². The Hall–Kier alpha value is -1.34. The van der Waals surface area contributed by atoms with Crippen molar-refractivity contribution in [2.24, 2.45) is 0 Å². The van der Waals surface area contributed by atoms with Crippen LogP contribution in [0.15, 0.2) is 18.2 Å². The van der Waals surface area contributed by atoms with Crippen LogP contribution in [0.25, 0.3) is 0 Å². The van der Waals surface area contributed by atoms with Crippen LogP contribution in [0.4, 0.5) is 23.2 Å². The molecule has 0 atom stereocenters. The molecule has 0 unspecified atom stereocenters. The number of benzene rings is 1. The van der Waals surface area contributed by atoms with Crippen LogP contribution in [0.5, 0.6) is 0 Å².